The molecule has 10 heteroatoms. The van der Waals surface area contributed by atoms with Gasteiger partial charge in [0.1, 0.15) is 24.7 Å². The summed E-state index contributed by atoms with van der Waals surface area (Å²) in [5.41, 5.74) is 2.92. The number of aliphatic hydroxyl groups is 2. The number of thioether (sulfide) groups is 1. The average Bonchev–Trinajstić information content (AvgIpc) is 3.25. The number of carbonyl (C=O) groups is 1. The fourth-order valence-corrected chi connectivity index (χ4v) is 10.5. The van der Waals surface area contributed by atoms with E-state index in [2.05, 4.69) is 55.1 Å². The van der Waals surface area contributed by atoms with Crippen LogP contribution < -0.4 is 9.47 Å². The van der Waals surface area contributed by atoms with Crippen LogP contribution in [0.4, 0.5) is 0 Å². The van der Waals surface area contributed by atoms with E-state index in [1.165, 1.54) is 43.4 Å². The van der Waals surface area contributed by atoms with Crippen molar-refractivity contribution in [2.24, 2.45) is 22.9 Å². The van der Waals surface area contributed by atoms with E-state index in [1.54, 1.807) is 24.9 Å². The molecular formula is C49H72N2O7S. The van der Waals surface area contributed by atoms with Gasteiger partial charge in [-0.3, -0.25) is 4.79 Å². The number of allylic oxidation sites excluding steroid dienone is 1. The van der Waals surface area contributed by atoms with Gasteiger partial charge in [0.05, 0.1) is 24.8 Å². The monoisotopic (exact) mass is 833 g/mol. The first-order valence-corrected chi connectivity index (χ1v) is 23.6. The smallest absolute Gasteiger partial charge is 0.239 e. The van der Waals surface area contributed by atoms with Crippen molar-refractivity contribution in [3.05, 3.63) is 78.4 Å². The predicted octanol–water partition coefficient (Wildman–Crippen LogP) is 10.5. The van der Waals surface area contributed by atoms with Crippen molar-refractivity contribution < 1.29 is 34.1 Å². The lowest BCUT2D eigenvalue weighted by Crippen LogP contribution is -2.69. The highest BCUT2D eigenvalue weighted by atomic mass is 32.2. The Morgan fingerprint density at radius 2 is 1.68 bits per heavy atom. The van der Waals surface area contributed by atoms with Gasteiger partial charge >= 0.3 is 0 Å². The van der Waals surface area contributed by atoms with E-state index in [4.69, 9.17) is 19.0 Å². The van der Waals surface area contributed by atoms with Gasteiger partial charge in [-0.05, 0) is 79.8 Å². The highest BCUT2D eigenvalue weighted by Gasteiger charge is 2.65. The zero-order valence-electron chi connectivity index (χ0n) is 36.2. The SMILES string of the molecule is C=CCO[C@@]12Oc3ccc(OCCSc4ccccc4)cc3[C@H]3[C@H](CCCCO)[C@@H](CCCCO)C=C(C(=NOC)C[C@@H]1N(C)C(=O)CCCCCCCCCCC)[C@H]32. The van der Waals surface area contributed by atoms with Crippen molar-refractivity contribution in [3.63, 3.8) is 0 Å². The van der Waals surface area contributed by atoms with Crippen molar-refractivity contribution in [2.45, 2.75) is 139 Å². The number of unbranched alkanes of at least 4 members (excludes halogenated alkanes) is 10. The molecule has 2 aliphatic carbocycles. The normalized spacial score (nSPS) is 23.8. The van der Waals surface area contributed by atoms with E-state index in [-0.39, 0.29) is 49.4 Å². The molecule has 9 nitrogen and oxygen atoms in total. The highest BCUT2D eigenvalue weighted by molar-refractivity contribution is 7.99. The number of likely N-dealkylation sites (N-methyl/N-ethyl adjacent to an activating group) is 1. The molecule has 3 aliphatic rings. The van der Waals surface area contributed by atoms with Gasteiger partial charge in [-0.1, -0.05) is 107 Å². The van der Waals surface area contributed by atoms with Crippen LogP contribution in [0.15, 0.2) is 82.9 Å². The molecule has 1 fully saturated rings. The zero-order valence-corrected chi connectivity index (χ0v) is 37.0. The molecule has 2 aromatic carbocycles. The third-order valence-electron chi connectivity index (χ3n) is 12.6. The van der Waals surface area contributed by atoms with Crippen molar-refractivity contribution in [3.8, 4) is 11.5 Å². The fraction of sp³-hybridized carbons (Fsp3) is 0.633. The Hall–Kier alpha value is -3.31. The number of amides is 1. The van der Waals surface area contributed by atoms with Gasteiger partial charge in [0.25, 0.3) is 0 Å². The van der Waals surface area contributed by atoms with E-state index < -0.39 is 11.8 Å². The maximum absolute atomic E-state index is 14.2. The summed E-state index contributed by atoms with van der Waals surface area (Å²) in [6, 6.07) is 16.0. The molecule has 1 aliphatic heterocycles. The summed E-state index contributed by atoms with van der Waals surface area (Å²) in [5, 5.41) is 24.4. The van der Waals surface area contributed by atoms with Gasteiger partial charge in [-0.15, -0.1) is 18.3 Å². The number of aliphatic hydroxyl groups excluding tert-OH is 2. The largest absolute Gasteiger partial charge is 0.493 e. The number of ether oxygens (including phenoxy) is 3. The van der Waals surface area contributed by atoms with Gasteiger partial charge in [0.2, 0.25) is 11.7 Å². The number of hydrogen-bond donors (Lipinski definition) is 2. The maximum atomic E-state index is 14.2. The molecule has 0 spiro atoms. The Morgan fingerprint density at radius 3 is 2.37 bits per heavy atom. The van der Waals surface area contributed by atoms with Crippen LogP contribution in [0.3, 0.4) is 0 Å². The van der Waals surface area contributed by atoms with Crippen LogP contribution in [0.25, 0.3) is 0 Å². The minimum absolute atomic E-state index is 0.0731. The molecule has 0 bridgehead atoms. The number of rotatable bonds is 28. The lowest BCUT2D eigenvalue weighted by molar-refractivity contribution is -0.255. The number of carbonyl (C=O) groups excluding carboxylic acids is 1. The number of oxime groups is 1. The molecule has 5 rings (SSSR count). The second-order valence-corrected chi connectivity index (χ2v) is 17.7. The summed E-state index contributed by atoms with van der Waals surface area (Å²) in [4.78, 5) is 22.9. The molecule has 2 N–H and O–H groups in total. The van der Waals surface area contributed by atoms with Crippen molar-refractivity contribution >= 4 is 23.4 Å². The molecule has 0 saturated heterocycles. The fourth-order valence-electron chi connectivity index (χ4n) is 9.70. The number of nitrogens with zero attached hydrogens (tertiary/aromatic N) is 2. The molecule has 1 heterocycles. The summed E-state index contributed by atoms with van der Waals surface area (Å²) in [6.07, 6.45) is 20.7. The summed E-state index contributed by atoms with van der Waals surface area (Å²) < 4.78 is 20.7. The molecule has 326 valence electrons. The average molecular weight is 833 g/mol. The van der Waals surface area contributed by atoms with Crippen LogP contribution in [0.2, 0.25) is 0 Å². The Kier molecular flexibility index (Phi) is 19.7. The summed E-state index contributed by atoms with van der Waals surface area (Å²) in [6.45, 7) is 7.37. The second kappa shape index (κ2) is 24.8. The first kappa shape index (κ1) is 46.8. The predicted molar refractivity (Wildman–Crippen MR) is 239 cm³/mol. The molecule has 1 amide bonds. The topological polar surface area (TPSA) is 110 Å². The van der Waals surface area contributed by atoms with Gasteiger partial charge in [0, 0.05) is 55.2 Å². The Morgan fingerprint density at radius 1 is 0.966 bits per heavy atom. The highest BCUT2D eigenvalue weighted by Crippen LogP contribution is 2.61. The third kappa shape index (κ3) is 12.4. The molecule has 0 radical (unpaired) electrons. The molecule has 59 heavy (non-hydrogen) atoms. The molecule has 1 saturated carbocycles. The molecule has 0 aromatic heterocycles. The minimum atomic E-state index is -1.23. The van der Waals surface area contributed by atoms with Crippen LogP contribution in [-0.2, 0) is 14.4 Å². The van der Waals surface area contributed by atoms with E-state index >= 15 is 0 Å². The third-order valence-corrected chi connectivity index (χ3v) is 13.5. The van der Waals surface area contributed by atoms with Crippen molar-refractivity contribution in [1.29, 1.82) is 0 Å². The molecule has 0 unspecified atom stereocenters. The minimum Gasteiger partial charge on any atom is -0.493 e. The number of fused-ring (bicyclic) bond motifs is 2. The zero-order chi connectivity index (χ0) is 41.9. The van der Waals surface area contributed by atoms with Crippen LogP contribution in [-0.4, -0.2) is 84.9 Å². The van der Waals surface area contributed by atoms with Gasteiger partial charge in [0.15, 0.2) is 0 Å². The lowest BCUT2D eigenvalue weighted by Gasteiger charge is -2.59. The standard InChI is InChI=1S/C49H72N2O7S/c1-5-7-8-9-10-11-12-13-17-26-46(54)51(3)45-36-43(50-55-4)41-34-37(22-18-20-29-52)40(25-19-21-30-53)47-42-35-38(56-32-33-59-39-23-15-14-16-24-39)27-28-44(42)58-49(45,48(41)47)57-31-6-2/h6,14-16,23-24,27-28,34-35,37,40,45,47-48,52-53H,2,5,7-13,17-22,25-26,29-33,36H2,1,3-4H3/t37-,40+,45-,47+,48+,49+/m0/s1. The maximum Gasteiger partial charge on any atom is 0.239 e. The first-order chi connectivity index (χ1) is 28.9. The van der Waals surface area contributed by atoms with Gasteiger partial charge in [-0.25, -0.2) is 0 Å². The van der Waals surface area contributed by atoms with Gasteiger partial charge < -0.3 is 34.2 Å². The molecule has 2 aromatic rings. The molecular weight excluding hydrogens is 761 g/mol. The van der Waals surface area contributed by atoms with Crippen LogP contribution in [0.5, 0.6) is 11.5 Å². The van der Waals surface area contributed by atoms with E-state index in [0.29, 0.717) is 25.9 Å². The van der Waals surface area contributed by atoms with Gasteiger partial charge in [-0.2, -0.15) is 0 Å². The quantitative estimate of drug-likeness (QED) is 0.0378. The Bertz CT molecular complexity index is 1640. The Balaban J connectivity index is 1.51. The van der Waals surface area contributed by atoms with E-state index in [9.17, 15) is 15.0 Å². The summed E-state index contributed by atoms with van der Waals surface area (Å²) in [5.74, 6) is 1.13. The number of hydrogen-bond acceptors (Lipinski definition) is 9. The van der Waals surface area contributed by atoms with Crippen LogP contribution in [0.1, 0.15) is 128 Å². The summed E-state index contributed by atoms with van der Waals surface area (Å²) >= 11 is 1.77. The van der Waals surface area contributed by atoms with E-state index in [1.807, 2.05) is 30.1 Å². The summed E-state index contributed by atoms with van der Waals surface area (Å²) in [7, 11) is 3.48. The Labute approximate surface area is 359 Å². The van der Waals surface area contributed by atoms with Crippen LogP contribution in [0, 0.1) is 17.8 Å². The number of benzene rings is 2. The second-order valence-electron chi connectivity index (χ2n) is 16.5. The van der Waals surface area contributed by atoms with Crippen molar-refractivity contribution in [2.75, 3.05) is 46.3 Å². The first-order valence-electron chi connectivity index (χ1n) is 22.6. The van der Waals surface area contributed by atoms with Crippen molar-refractivity contribution in [1.82, 2.24) is 4.90 Å². The van der Waals surface area contributed by atoms with E-state index in [0.717, 1.165) is 85.5 Å². The molecule has 6 atom stereocenters. The lowest BCUT2D eigenvalue weighted by atomic mass is 9.55. The van der Waals surface area contributed by atoms with Crippen LogP contribution >= 0.6 is 11.8 Å².